The number of likely N-dealkylation sites (tertiary alicyclic amines) is 1. The summed E-state index contributed by atoms with van der Waals surface area (Å²) in [6.45, 7) is 5.67. The lowest BCUT2D eigenvalue weighted by molar-refractivity contribution is -0.137. The summed E-state index contributed by atoms with van der Waals surface area (Å²) in [7, 11) is 1.63. The van der Waals surface area contributed by atoms with Crippen LogP contribution in [0.25, 0.3) is 0 Å². The maximum atomic E-state index is 14.0. The maximum absolute atomic E-state index is 14.0. The third kappa shape index (κ3) is 6.05. The standard InChI is InChI=1S/C33H39N5O4/c1-24-13-14-27(21-25(24)2)35-32(41)36-19-16-33(17-20-36)31(40)37(23-38(33)28-10-5-4-6-11-28)22-30(39)34-18-15-26-9-7-8-12-29(26)42-3/h4-14,21H,15-20,22-23H2,1-3H3,(H,34,39)(H,35,41). The fourth-order valence-corrected chi connectivity index (χ4v) is 5.90. The van der Waals surface area contributed by atoms with E-state index >= 15 is 0 Å². The molecular weight excluding hydrogens is 530 g/mol. The number of rotatable bonds is 8. The van der Waals surface area contributed by atoms with Crippen LogP contribution in [0.4, 0.5) is 16.2 Å². The number of piperidine rings is 1. The number of carbonyl (C=O) groups is 3. The van der Waals surface area contributed by atoms with Gasteiger partial charge in [0.2, 0.25) is 5.91 Å². The van der Waals surface area contributed by atoms with Gasteiger partial charge in [-0.2, -0.15) is 0 Å². The Balaban J connectivity index is 1.24. The zero-order valence-corrected chi connectivity index (χ0v) is 24.6. The topological polar surface area (TPSA) is 94.2 Å². The number of urea groups is 1. The molecule has 0 radical (unpaired) electrons. The summed E-state index contributed by atoms with van der Waals surface area (Å²) in [4.78, 5) is 45.5. The number of nitrogens with one attached hydrogen (secondary N) is 2. The molecule has 0 aromatic heterocycles. The second kappa shape index (κ2) is 12.5. The smallest absolute Gasteiger partial charge is 0.321 e. The molecule has 1 spiro atoms. The first-order chi connectivity index (χ1) is 20.3. The van der Waals surface area contributed by atoms with Crippen LogP contribution in [0.3, 0.4) is 0 Å². The minimum atomic E-state index is -0.809. The van der Waals surface area contributed by atoms with Gasteiger partial charge in [-0.1, -0.05) is 42.5 Å². The van der Waals surface area contributed by atoms with E-state index in [1.807, 2.05) is 86.6 Å². The molecule has 9 nitrogen and oxygen atoms in total. The van der Waals surface area contributed by atoms with Gasteiger partial charge in [0.05, 0.1) is 13.8 Å². The van der Waals surface area contributed by atoms with Gasteiger partial charge < -0.3 is 30.1 Å². The number of aryl methyl sites for hydroxylation is 2. The molecule has 4 amide bonds. The molecule has 0 saturated carbocycles. The summed E-state index contributed by atoms with van der Waals surface area (Å²) in [6, 6.07) is 23.3. The van der Waals surface area contributed by atoms with E-state index in [-0.39, 0.29) is 24.4 Å². The molecule has 2 N–H and O–H groups in total. The van der Waals surface area contributed by atoms with Crippen molar-refractivity contribution in [2.45, 2.75) is 38.6 Å². The number of anilines is 2. The first-order valence-corrected chi connectivity index (χ1v) is 14.4. The molecule has 2 aliphatic rings. The summed E-state index contributed by atoms with van der Waals surface area (Å²) < 4.78 is 5.40. The molecule has 0 unspecified atom stereocenters. The highest BCUT2D eigenvalue weighted by Crippen LogP contribution is 2.39. The first-order valence-electron chi connectivity index (χ1n) is 14.4. The number of hydrogen-bond donors (Lipinski definition) is 2. The van der Waals surface area contributed by atoms with Crippen LogP contribution in [-0.4, -0.2) is 73.1 Å². The van der Waals surface area contributed by atoms with Crippen molar-refractivity contribution in [2.75, 3.05) is 50.2 Å². The lowest BCUT2D eigenvalue weighted by Gasteiger charge is -2.43. The minimum Gasteiger partial charge on any atom is -0.496 e. The summed E-state index contributed by atoms with van der Waals surface area (Å²) in [6.07, 6.45) is 1.59. The predicted octanol–water partition coefficient (Wildman–Crippen LogP) is 4.34. The van der Waals surface area contributed by atoms with E-state index < -0.39 is 5.54 Å². The summed E-state index contributed by atoms with van der Waals surface area (Å²) in [5.41, 5.74) is 4.18. The molecule has 220 valence electrons. The largest absolute Gasteiger partial charge is 0.496 e. The Morgan fingerprint density at radius 1 is 0.929 bits per heavy atom. The van der Waals surface area contributed by atoms with E-state index in [2.05, 4.69) is 15.5 Å². The van der Waals surface area contributed by atoms with Gasteiger partial charge in [0, 0.05) is 31.0 Å². The van der Waals surface area contributed by atoms with Gasteiger partial charge in [0.1, 0.15) is 17.8 Å². The van der Waals surface area contributed by atoms with Crippen LogP contribution in [0.2, 0.25) is 0 Å². The fraction of sp³-hybridized carbons (Fsp3) is 0.364. The van der Waals surface area contributed by atoms with E-state index in [9.17, 15) is 14.4 Å². The van der Waals surface area contributed by atoms with Gasteiger partial charge in [0.15, 0.2) is 0 Å². The van der Waals surface area contributed by atoms with Gasteiger partial charge >= 0.3 is 6.03 Å². The number of nitrogens with zero attached hydrogens (tertiary/aromatic N) is 3. The van der Waals surface area contributed by atoms with Crippen molar-refractivity contribution in [2.24, 2.45) is 0 Å². The van der Waals surface area contributed by atoms with Crippen molar-refractivity contribution in [1.82, 2.24) is 15.1 Å². The van der Waals surface area contributed by atoms with E-state index in [0.717, 1.165) is 28.3 Å². The second-order valence-corrected chi connectivity index (χ2v) is 11.1. The number of hydrogen-bond acceptors (Lipinski definition) is 5. The third-order valence-corrected chi connectivity index (χ3v) is 8.46. The molecule has 2 heterocycles. The number of benzene rings is 3. The monoisotopic (exact) mass is 569 g/mol. The molecule has 0 aliphatic carbocycles. The van der Waals surface area contributed by atoms with Crippen LogP contribution in [-0.2, 0) is 16.0 Å². The number of ether oxygens (including phenoxy) is 1. The van der Waals surface area contributed by atoms with E-state index in [1.165, 1.54) is 5.56 Å². The fourth-order valence-electron chi connectivity index (χ4n) is 5.90. The van der Waals surface area contributed by atoms with E-state index in [0.29, 0.717) is 45.6 Å². The van der Waals surface area contributed by atoms with Crippen LogP contribution < -0.4 is 20.3 Å². The Morgan fingerprint density at radius 2 is 1.64 bits per heavy atom. The average molecular weight is 570 g/mol. The average Bonchev–Trinajstić information content (AvgIpc) is 3.26. The number of methoxy groups -OCH3 is 1. The molecule has 3 aromatic carbocycles. The van der Waals surface area contributed by atoms with E-state index in [1.54, 1.807) is 16.9 Å². The van der Waals surface area contributed by atoms with Crippen LogP contribution in [0.15, 0.2) is 72.8 Å². The van der Waals surface area contributed by atoms with Crippen LogP contribution in [0.1, 0.15) is 29.5 Å². The van der Waals surface area contributed by atoms with Gasteiger partial charge in [-0.3, -0.25) is 9.59 Å². The molecule has 2 fully saturated rings. The SMILES string of the molecule is COc1ccccc1CCNC(=O)CN1CN(c2ccccc2)C2(CCN(C(=O)Nc3ccc(C)c(C)c3)CC2)C1=O. The quantitative estimate of drug-likeness (QED) is 0.421. The van der Waals surface area contributed by atoms with Crippen molar-refractivity contribution in [1.29, 1.82) is 0 Å². The van der Waals surface area contributed by atoms with Crippen LogP contribution >= 0.6 is 0 Å². The molecule has 5 rings (SSSR count). The van der Waals surface area contributed by atoms with Gasteiger partial charge in [0.25, 0.3) is 5.91 Å². The Bertz CT molecular complexity index is 1440. The van der Waals surface area contributed by atoms with E-state index in [4.69, 9.17) is 4.74 Å². The number of amides is 4. The molecule has 3 aromatic rings. The summed E-state index contributed by atoms with van der Waals surface area (Å²) in [5, 5.41) is 5.96. The maximum Gasteiger partial charge on any atom is 0.321 e. The summed E-state index contributed by atoms with van der Waals surface area (Å²) in [5.74, 6) is 0.518. The Kier molecular flexibility index (Phi) is 8.66. The van der Waals surface area contributed by atoms with Gasteiger partial charge in [-0.05, 0) is 80.1 Å². The lowest BCUT2D eigenvalue weighted by atomic mass is 9.85. The Hall–Kier alpha value is -4.53. The number of carbonyl (C=O) groups excluding carboxylic acids is 3. The predicted molar refractivity (Wildman–Crippen MR) is 164 cm³/mol. The molecule has 9 heteroatoms. The molecular formula is C33H39N5O4. The molecule has 2 aliphatic heterocycles. The van der Waals surface area contributed by atoms with Gasteiger partial charge in [-0.25, -0.2) is 4.79 Å². The highest BCUT2D eigenvalue weighted by atomic mass is 16.5. The van der Waals surface area contributed by atoms with Crippen molar-refractivity contribution in [3.05, 3.63) is 89.5 Å². The highest BCUT2D eigenvalue weighted by Gasteiger charge is 2.54. The van der Waals surface area contributed by atoms with Crippen LogP contribution in [0, 0.1) is 13.8 Å². The van der Waals surface area contributed by atoms with Gasteiger partial charge in [-0.15, -0.1) is 0 Å². The number of para-hydroxylation sites is 2. The zero-order valence-electron chi connectivity index (χ0n) is 24.6. The van der Waals surface area contributed by atoms with Crippen molar-refractivity contribution in [3.8, 4) is 5.75 Å². The molecule has 0 atom stereocenters. The first kappa shape index (κ1) is 29.0. The second-order valence-electron chi connectivity index (χ2n) is 11.1. The van der Waals surface area contributed by atoms with Crippen LogP contribution in [0.5, 0.6) is 5.75 Å². The minimum absolute atomic E-state index is 0.0210. The molecule has 2 saturated heterocycles. The third-order valence-electron chi connectivity index (χ3n) is 8.46. The van der Waals surface area contributed by atoms with Crippen molar-refractivity contribution in [3.63, 3.8) is 0 Å². The Labute approximate surface area is 247 Å². The normalized spacial score (nSPS) is 16.1. The zero-order chi connectivity index (χ0) is 29.7. The summed E-state index contributed by atoms with van der Waals surface area (Å²) >= 11 is 0. The molecule has 42 heavy (non-hydrogen) atoms. The Morgan fingerprint density at radius 3 is 2.36 bits per heavy atom. The van der Waals surface area contributed by atoms with Crippen molar-refractivity contribution >= 4 is 29.2 Å². The van der Waals surface area contributed by atoms with Crippen molar-refractivity contribution < 1.29 is 19.1 Å². The highest BCUT2D eigenvalue weighted by molar-refractivity contribution is 5.97. The lowest BCUT2D eigenvalue weighted by Crippen LogP contribution is -2.58. The molecule has 0 bridgehead atoms.